The molecular formula is C17H27N5O3. The van der Waals surface area contributed by atoms with Gasteiger partial charge in [0.05, 0.1) is 18.8 Å². The first-order chi connectivity index (χ1) is 12.1. The molecule has 8 nitrogen and oxygen atoms in total. The summed E-state index contributed by atoms with van der Waals surface area (Å²) in [5.41, 5.74) is 0. The van der Waals surface area contributed by atoms with E-state index in [1.54, 1.807) is 29.2 Å². The Kier molecular flexibility index (Phi) is 5.57. The summed E-state index contributed by atoms with van der Waals surface area (Å²) < 4.78 is 6.92. The fourth-order valence-electron chi connectivity index (χ4n) is 3.24. The molecule has 0 aromatic carbocycles. The molecule has 1 aliphatic heterocycles. The van der Waals surface area contributed by atoms with Gasteiger partial charge in [0.2, 0.25) is 5.91 Å². The number of methoxy groups -OCH3 is 1. The van der Waals surface area contributed by atoms with Gasteiger partial charge in [0.15, 0.2) is 0 Å². The van der Waals surface area contributed by atoms with Gasteiger partial charge in [-0.3, -0.25) is 10.1 Å². The van der Waals surface area contributed by atoms with Crippen LogP contribution < -0.4 is 5.32 Å². The van der Waals surface area contributed by atoms with Gasteiger partial charge in [-0.15, -0.1) is 0 Å². The van der Waals surface area contributed by atoms with Gasteiger partial charge in [-0.2, -0.15) is 5.10 Å². The fraction of sp³-hybridized carbons (Fsp3) is 0.706. The molecule has 1 atom stereocenters. The van der Waals surface area contributed by atoms with Gasteiger partial charge in [-0.25, -0.2) is 9.48 Å². The molecule has 1 saturated carbocycles. The zero-order chi connectivity index (χ0) is 17.8. The Morgan fingerprint density at radius 1 is 1.44 bits per heavy atom. The highest BCUT2D eigenvalue weighted by molar-refractivity contribution is 5.92. The summed E-state index contributed by atoms with van der Waals surface area (Å²) in [5, 5.41) is 7.27. The zero-order valence-corrected chi connectivity index (χ0v) is 15.0. The normalized spacial score (nSPS) is 19.7. The number of hydrogen-bond acceptors (Lipinski definition) is 4. The van der Waals surface area contributed by atoms with Crippen LogP contribution in [0.15, 0.2) is 12.3 Å². The number of carbonyl (C=O) groups excluding carboxylic acids is 2. The Labute approximate surface area is 148 Å². The Bertz CT molecular complexity index is 613. The summed E-state index contributed by atoms with van der Waals surface area (Å²) in [6.07, 6.45) is 4.90. The first-order valence-corrected chi connectivity index (χ1v) is 8.96. The lowest BCUT2D eigenvalue weighted by atomic mass is 10.2. The minimum Gasteiger partial charge on any atom is -0.383 e. The molecule has 1 aromatic heterocycles. The maximum absolute atomic E-state index is 12.6. The van der Waals surface area contributed by atoms with Crippen LogP contribution >= 0.6 is 0 Å². The highest BCUT2D eigenvalue weighted by Crippen LogP contribution is 2.40. The van der Waals surface area contributed by atoms with Crippen molar-refractivity contribution in [2.75, 3.05) is 45.2 Å². The van der Waals surface area contributed by atoms with Crippen LogP contribution in [0.2, 0.25) is 0 Å². The second kappa shape index (κ2) is 7.86. The van der Waals surface area contributed by atoms with Crippen LogP contribution in [0.25, 0.3) is 0 Å². The minimum absolute atomic E-state index is 0.0374. The van der Waals surface area contributed by atoms with Crippen LogP contribution in [-0.4, -0.2) is 71.4 Å². The molecule has 1 saturated heterocycles. The number of rotatable bonds is 6. The van der Waals surface area contributed by atoms with E-state index in [2.05, 4.69) is 17.3 Å². The van der Waals surface area contributed by atoms with E-state index in [0.717, 1.165) is 6.42 Å². The Morgan fingerprint density at radius 3 is 2.96 bits per heavy atom. The van der Waals surface area contributed by atoms with Gasteiger partial charge in [0.25, 0.3) is 0 Å². The van der Waals surface area contributed by atoms with E-state index in [1.165, 1.54) is 12.8 Å². The number of hydrogen-bond donors (Lipinski definition) is 1. The predicted molar refractivity (Wildman–Crippen MR) is 93.3 cm³/mol. The monoisotopic (exact) mass is 349 g/mol. The summed E-state index contributed by atoms with van der Waals surface area (Å²) in [7, 11) is 1.62. The highest BCUT2D eigenvalue weighted by Gasteiger charge is 2.31. The molecule has 0 unspecified atom stereocenters. The first kappa shape index (κ1) is 17.7. The number of urea groups is 1. The van der Waals surface area contributed by atoms with Gasteiger partial charge in [-0.05, 0) is 32.1 Å². The molecule has 2 fully saturated rings. The van der Waals surface area contributed by atoms with Crippen LogP contribution in [0.1, 0.15) is 32.2 Å². The van der Waals surface area contributed by atoms with E-state index in [4.69, 9.17) is 4.74 Å². The molecule has 2 heterocycles. The molecule has 0 radical (unpaired) electrons. The van der Waals surface area contributed by atoms with Gasteiger partial charge in [0, 0.05) is 32.8 Å². The number of anilines is 1. The maximum Gasteiger partial charge on any atom is 0.323 e. The topological polar surface area (TPSA) is 79.7 Å². The van der Waals surface area contributed by atoms with Crippen LogP contribution in [0.4, 0.5) is 10.6 Å². The van der Waals surface area contributed by atoms with E-state index in [0.29, 0.717) is 38.0 Å². The van der Waals surface area contributed by atoms with Crippen molar-refractivity contribution in [3.8, 4) is 0 Å². The average molecular weight is 349 g/mol. The van der Waals surface area contributed by atoms with Gasteiger partial charge >= 0.3 is 6.03 Å². The zero-order valence-electron chi connectivity index (χ0n) is 15.0. The predicted octanol–water partition coefficient (Wildman–Crippen LogP) is 1.57. The summed E-state index contributed by atoms with van der Waals surface area (Å²) in [4.78, 5) is 28.3. The Balaban J connectivity index is 1.60. The lowest BCUT2D eigenvalue weighted by Gasteiger charge is -2.22. The van der Waals surface area contributed by atoms with Crippen molar-refractivity contribution in [1.29, 1.82) is 0 Å². The third-order valence-electron chi connectivity index (χ3n) is 4.98. The molecule has 25 heavy (non-hydrogen) atoms. The Hall–Kier alpha value is -2.09. The minimum atomic E-state index is -0.244. The van der Waals surface area contributed by atoms with Crippen LogP contribution in [0.5, 0.6) is 0 Å². The summed E-state index contributed by atoms with van der Waals surface area (Å²) >= 11 is 0. The molecule has 2 aliphatic rings. The lowest BCUT2D eigenvalue weighted by Crippen LogP contribution is -2.42. The standard InChI is InChI=1S/C17H27N5O3/c1-13(14-4-5-14)22-15(6-7-18-22)19-17(24)21-9-3-8-20(10-11-25-2)16(23)12-21/h6-7,13-14H,3-5,8-12H2,1-2H3,(H,19,24)/t13-/m0/s1. The molecule has 1 aromatic rings. The van der Waals surface area contributed by atoms with Crippen molar-refractivity contribution >= 4 is 17.8 Å². The van der Waals surface area contributed by atoms with E-state index >= 15 is 0 Å². The van der Waals surface area contributed by atoms with Crippen molar-refractivity contribution < 1.29 is 14.3 Å². The molecule has 1 N–H and O–H groups in total. The van der Waals surface area contributed by atoms with Crippen LogP contribution in [0.3, 0.4) is 0 Å². The van der Waals surface area contributed by atoms with Gasteiger partial charge in [0.1, 0.15) is 12.4 Å². The van der Waals surface area contributed by atoms with Crippen LogP contribution in [-0.2, 0) is 9.53 Å². The second-order valence-electron chi connectivity index (χ2n) is 6.82. The molecule has 0 spiro atoms. The lowest BCUT2D eigenvalue weighted by molar-refractivity contribution is -0.131. The quantitative estimate of drug-likeness (QED) is 0.845. The van der Waals surface area contributed by atoms with E-state index in [9.17, 15) is 9.59 Å². The third-order valence-corrected chi connectivity index (χ3v) is 4.98. The average Bonchev–Trinajstić information content (AvgIpc) is 3.37. The largest absolute Gasteiger partial charge is 0.383 e. The molecular weight excluding hydrogens is 322 g/mol. The van der Waals surface area contributed by atoms with Crippen molar-refractivity contribution in [3.63, 3.8) is 0 Å². The number of nitrogens with one attached hydrogen (secondary N) is 1. The number of carbonyl (C=O) groups is 2. The smallest absolute Gasteiger partial charge is 0.323 e. The van der Waals surface area contributed by atoms with Gasteiger partial charge in [-0.1, -0.05) is 0 Å². The molecule has 3 rings (SSSR count). The summed E-state index contributed by atoms with van der Waals surface area (Å²) in [6.45, 7) is 4.52. The van der Waals surface area contributed by atoms with Gasteiger partial charge < -0.3 is 14.5 Å². The van der Waals surface area contributed by atoms with E-state index in [1.807, 2.05) is 4.68 Å². The maximum atomic E-state index is 12.6. The SMILES string of the molecule is COCCN1CCCN(C(=O)Nc2ccnn2[C@@H](C)C2CC2)CC1=O. The number of ether oxygens (including phenoxy) is 1. The molecule has 3 amide bonds. The van der Waals surface area contributed by atoms with E-state index < -0.39 is 0 Å². The van der Waals surface area contributed by atoms with E-state index in [-0.39, 0.29) is 24.5 Å². The fourth-order valence-corrected chi connectivity index (χ4v) is 3.24. The second-order valence-corrected chi connectivity index (χ2v) is 6.82. The molecule has 1 aliphatic carbocycles. The van der Waals surface area contributed by atoms with Crippen molar-refractivity contribution in [2.45, 2.75) is 32.2 Å². The first-order valence-electron chi connectivity index (χ1n) is 8.96. The summed E-state index contributed by atoms with van der Waals surface area (Å²) in [5.74, 6) is 1.30. The highest BCUT2D eigenvalue weighted by atomic mass is 16.5. The number of nitrogens with zero attached hydrogens (tertiary/aromatic N) is 4. The van der Waals surface area contributed by atoms with Crippen molar-refractivity contribution in [1.82, 2.24) is 19.6 Å². The van der Waals surface area contributed by atoms with Crippen molar-refractivity contribution in [2.24, 2.45) is 5.92 Å². The summed E-state index contributed by atoms with van der Waals surface area (Å²) in [6, 6.07) is 1.84. The molecule has 0 bridgehead atoms. The molecule has 8 heteroatoms. The number of aromatic nitrogens is 2. The number of amides is 3. The molecule has 138 valence electrons. The van der Waals surface area contributed by atoms with Crippen LogP contribution in [0, 0.1) is 5.92 Å². The van der Waals surface area contributed by atoms with Crippen molar-refractivity contribution in [3.05, 3.63) is 12.3 Å². The third kappa shape index (κ3) is 4.31. The Morgan fingerprint density at radius 2 is 2.24 bits per heavy atom.